The van der Waals surface area contributed by atoms with Gasteiger partial charge in [-0.2, -0.15) is 5.26 Å². The number of aromatic nitrogens is 1. The normalized spacial score (nSPS) is 14.4. The van der Waals surface area contributed by atoms with Gasteiger partial charge in [-0.05, 0) is 30.7 Å². The summed E-state index contributed by atoms with van der Waals surface area (Å²) in [5.74, 6) is -0.700. The van der Waals surface area contributed by atoms with Crippen molar-refractivity contribution in [3.63, 3.8) is 0 Å². The molecule has 148 valence electrons. The number of nitriles is 1. The highest BCUT2D eigenvalue weighted by atomic mass is 16.6. The van der Waals surface area contributed by atoms with E-state index >= 15 is 0 Å². The fourth-order valence-electron chi connectivity index (χ4n) is 3.89. The molecule has 0 saturated heterocycles. The first-order valence-corrected chi connectivity index (χ1v) is 9.15. The number of aryl methyl sites for hydroxylation is 1. The monoisotopic (exact) mass is 400 g/mol. The minimum absolute atomic E-state index is 0.170. The van der Waals surface area contributed by atoms with Gasteiger partial charge in [-0.1, -0.05) is 18.2 Å². The second kappa shape index (κ2) is 6.97. The van der Waals surface area contributed by atoms with Gasteiger partial charge in [-0.25, -0.2) is 0 Å². The van der Waals surface area contributed by atoms with Crippen LogP contribution in [0.5, 0.6) is 0 Å². The first-order valence-electron chi connectivity index (χ1n) is 9.15. The fourth-order valence-corrected chi connectivity index (χ4v) is 3.89. The van der Waals surface area contributed by atoms with Gasteiger partial charge in [-0.15, -0.1) is 0 Å². The Hall–Kier alpha value is -4.25. The van der Waals surface area contributed by atoms with Crippen LogP contribution in [-0.4, -0.2) is 21.3 Å². The van der Waals surface area contributed by atoms with Crippen molar-refractivity contribution in [1.82, 2.24) is 4.57 Å². The van der Waals surface area contributed by atoms with Gasteiger partial charge in [0, 0.05) is 41.9 Å². The molecule has 1 unspecified atom stereocenters. The van der Waals surface area contributed by atoms with Crippen LogP contribution in [0.2, 0.25) is 0 Å². The van der Waals surface area contributed by atoms with E-state index in [1.54, 1.807) is 43.5 Å². The predicted molar refractivity (Wildman–Crippen MR) is 109 cm³/mol. The van der Waals surface area contributed by atoms with Gasteiger partial charge in [-0.3, -0.25) is 29.2 Å². The molecule has 1 atom stereocenters. The first-order chi connectivity index (χ1) is 14.3. The third-order valence-electron chi connectivity index (χ3n) is 5.18. The van der Waals surface area contributed by atoms with Crippen molar-refractivity contribution in [2.75, 3.05) is 4.90 Å². The van der Waals surface area contributed by atoms with E-state index in [1.165, 1.54) is 34.6 Å². The number of amides is 1. The van der Waals surface area contributed by atoms with Crippen LogP contribution in [-0.2, 0) is 0 Å². The molecule has 8 heteroatoms. The Bertz CT molecular complexity index is 1250. The summed E-state index contributed by atoms with van der Waals surface area (Å²) in [4.78, 5) is 37.8. The number of nitro groups is 1. The van der Waals surface area contributed by atoms with Crippen LogP contribution in [0.3, 0.4) is 0 Å². The molecule has 2 aromatic carbocycles. The minimum Gasteiger partial charge on any atom is -0.287 e. The lowest BCUT2D eigenvalue weighted by Gasteiger charge is -2.34. The maximum atomic E-state index is 13.4. The Morgan fingerprint density at radius 2 is 1.87 bits per heavy atom. The third kappa shape index (κ3) is 2.76. The van der Waals surface area contributed by atoms with Crippen LogP contribution in [0.15, 0.2) is 54.7 Å². The Morgan fingerprint density at radius 1 is 1.17 bits per heavy atom. The lowest BCUT2D eigenvalue weighted by atomic mass is 9.90. The van der Waals surface area contributed by atoms with E-state index in [9.17, 15) is 25.0 Å². The topological polar surface area (TPSA) is 109 Å². The molecule has 8 nitrogen and oxygen atoms in total. The maximum absolute atomic E-state index is 13.4. The first kappa shape index (κ1) is 19.1. The molecule has 0 N–H and O–H groups in total. The van der Waals surface area contributed by atoms with E-state index in [0.717, 1.165) is 0 Å². The Morgan fingerprint density at radius 3 is 2.47 bits per heavy atom. The van der Waals surface area contributed by atoms with E-state index in [0.29, 0.717) is 33.6 Å². The summed E-state index contributed by atoms with van der Waals surface area (Å²) >= 11 is 0. The lowest BCUT2D eigenvalue weighted by molar-refractivity contribution is -0.384. The number of anilines is 1. The zero-order valence-electron chi connectivity index (χ0n) is 16.2. The smallest absolute Gasteiger partial charge is 0.270 e. The molecule has 2 heterocycles. The zero-order valence-corrected chi connectivity index (χ0v) is 16.2. The number of hydrogen-bond acceptors (Lipinski definition) is 5. The third-order valence-corrected chi connectivity index (χ3v) is 5.18. The van der Waals surface area contributed by atoms with Gasteiger partial charge >= 0.3 is 0 Å². The number of benzene rings is 2. The summed E-state index contributed by atoms with van der Waals surface area (Å²) in [7, 11) is 0. The van der Waals surface area contributed by atoms with E-state index in [1.807, 2.05) is 0 Å². The number of fused-ring (bicyclic) bond motifs is 3. The molecule has 0 spiro atoms. The number of hydrogen-bond donors (Lipinski definition) is 0. The minimum atomic E-state index is -0.984. The summed E-state index contributed by atoms with van der Waals surface area (Å²) in [6.45, 7) is 3.12. The van der Waals surface area contributed by atoms with Gasteiger partial charge in [0.2, 0.25) is 5.91 Å². The molecular weight excluding hydrogens is 384 g/mol. The average molecular weight is 400 g/mol. The molecule has 0 fully saturated rings. The van der Waals surface area contributed by atoms with E-state index in [2.05, 4.69) is 6.07 Å². The summed E-state index contributed by atoms with van der Waals surface area (Å²) < 4.78 is 1.38. The molecule has 1 amide bonds. The van der Waals surface area contributed by atoms with E-state index < -0.39 is 16.9 Å². The molecule has 4 rings (SSSR count). The second-order valence-corrected chi connectivity index (χ2v) is 6.99. The number of rotatable bonds is 2. The fraction of sp³-hybridized carbons (Fsp3) is 0.136. The SMILES string of the molecule is CC(=O)n1cc(C)c2c1-c1cc([N+](=O)[O-])ccc1N(C(=O)c1ccccc1)C2C#N. The van der Waals surface area contributed by atoms with Crippen LogP contribution in [0.1, 0.15) is 39.2 Å². The number of carbonyl (C=O) groups excluding carboxylic acids is 2. The summed E-state index contributed by atoms with van der Waals surface area (Å²) in [5, 5.41) is 21.4. The molecule has 0 bridgehead atoms. The summed E-state index contributed by atoms with van der Waals surface area (Å²) in [5.41, 5.74) is 2.46. The highest BCUT2D eigenvalue weighted by Gasteiger charge is 2.40. The number of nitro benzene ring substituents is 1. The van der Waals surface area contributed by atoms with Crippen molar-refractivity contribution in [2.45, 2.75) is 19.9 Å². The maximum Gasteiger partial charge on any atom is 0.270 e. The van der Waals surface area contributed by atoms with Crippen molar-refractivity contribution < 1.29 is 14.5 Å². The predicted octanol–water partition coefficient (Wildman–Crippen LogP) is 4.26. The highest BCUT2D eigenvalue weighted by Crippen LogP contribution is 2.48. The van der Waals surface area contributed by atoms with Crippen LogP contribution < -0.4 is 4.90 Å². The standard InChI is InChI=1S/C22H16N4O4/c1-13-12-24(14(2)27)21-17-10-16(26(29)30)8-9-18(17)25(19(11-23)20(13)21)22(28)15-6-4-3-5-7-15/h3-10,12,19H,1-2H3. The van der Waals surface area contributed by atoms with Crippen molar-refractivity contribution in [3.8, 4) is 17.3 Å². The molecule has 3 aromatic rings. The van der Waals surface area contributed by atoms with Gasteiger partial charge < -0.3 is 0 Å². The van der Waals surface area contributed by atoms with Gasteiger partial charge in [0.15, 0.2) is 6.04 Å². The Labute approximate surface area is 171 Å². The van der Waals surface area contributed by atoms with Crippen LogP contribution in [0.4, 0.5) is 11.4 Å². The molecule has 1 aliphatic heterocycles. The van der Waals surface area contributed by atoms with Gasteiger partial charge in [0.1, 0.15) is 0 Å². The number of nitrogens with zero attached hydrogens (tertiary/aromatic N) is 4. The van der Waals surface area contributed by atoms with Crippen molar-refractivity contribution in [3.05, 3.63) is 81.5 Å². The Kier molecular flexibility index (Phi) is 4.43. The number of carbonyl (C=O) groups is 2. The molecule has 1 aromatic heterocycles. The lowest BCUT2D eigenvalue weighted by Crippen LogP contribution is -2.37. The van der Waals surface area contributed by atoms with Crippen molar-refractivity contribution in [1.29, 1.82) is 5.26 Å². The van der Waals surface area contributed by atoms with Crippen LogP contribution in [0.25, 0.3) is 11.3 Å². The average Bonchev–Trinajstić information content (AvgIpc) is 3.10. The quantitative estimate of drug-likeness (QED) is 0.472. The highest BCUT2D eigenvalue weighted by molar-refractivity contribution is 6.11. The molecule has 0 radical (unpaired) electrons. The summed E-state index contributed by atoms with van der Waals surface area (Å²) in [6, 6.07) is 13.8. The molecule has 0 aliphatic carbocycles. The van der Waals surface area contributed by atoms with E-state index in [-0.39, 0.29) is 11.6 Å². The van der Waals surface area contributed by atoms with E-state index in [4.69, 9.17) is 0 Å². The molecule has 30 heavy (non-hydrogen) atoms. The number of non-ortho nitro benzene ring substituents is 1. The second-order valence-electron chi connectivity index (χ2n) is 6.99. The summed E-state index contributed by atoms with van der Waals surface area (Å²) in [6.07, 6.45) is 1.59. The molecule has 1 aliphatic rings. The molecule has 0 saturated carbocycles. The zero-order chi connectivity index (χ0) is 21.6. The van der Waals surface area contributed by atoms with Gasteiger partial charge in [0.25, 0.3) is 11.6 Å². The Balaban J connectivity index is 2.05. The van der Waals surface area contributed by atoms with Crippen LogP contribution in [0, 0.1) is 28.4 Å². The van der Waals surface area contributed by atoms with Gasteiger partial charge in [0.05, 0.1) is 22.4 Å². The van der Waals surface area contributed by atoms with Crippen molar-refractivity contribution >= 4 is 23.2 Å². The largest absolute Gasteiger partial charge is 0.287 e. The van der Waals surface area contributed by atoms with Crippen molar-refractivity contribution in [2.24, 2.45) is 0 Å². The molecular formula is C22H16N4O4. The van der Waals surface area contributed by atoms with Crippen LogP contribution >= 0.6 is 0 Å².